The Morgan fingerprint density at radius 1 is 1.10 bits per heavy atom. The molecule has 0 aromatic rings. The van der Waals surface area contributed by atoms with Gasteiger partial charge in [-0.05, 0) is 19.8 Å². The van der Waals surface area contributed by atoms with E-state index in [0.717, 1.165) is 13.0 Å². The summed E-state index contributed by atoms with van der Waals surface area (Å²) in [5, 5.41) is 3.05. The average Bonchev–Trinajstić information content (AvgIpc) is 2.38. The molecule has 0 aromatic carbocycles. The Morgan fingerprint density at radius 2 is 1.80 bits per heavy atom. The summed E-state index contributed by atoms with van der Waals surface area (Å²) in [7, 11) is -3.09. The third-order valence-electron chi connectivity index (χ3n) is 2.66. The summed E-state index contributed by atoms with van der Waals surface area (Å²) in [4.78, 5) is 4.14. The minimum atomic E-state index is -3.09. The van der Waals surface area contributed by atoms with Gasteiger partial charge in [-0.3, -0.25) is 4.99 Å². The van der Waals surface area contributed by atoms with E-state index in [1.165, 1.54) is 19.3 Å². The number of hydrogen-bond acceptors (Lipinski definition) is 3. The molecular formula is C12H29IN4O2S. The zero-order valence-corrected chi connectivity index (χ0v) is 15.7. The number of sulfonamides is 1. The molecule has 0 spiro atoms. The molecule has 6 nitrogen and oxygen atoms in total. The van der Waals surface area contributed by atoms with E-state index in [4.69, 9.17) is 5.73 Å². The number of hydrogen-bond donors (Lipinski definition) is 3. The molecule has 122 valence electrons. The van der Waals surface area contributed by atoms with Crippen molar-refractivity contribution in [3.8, 4) is 0 Å². The second-order valence-corrected chi connectivity index (χ2v) is 6.50. The van der Waals surface area contributed by atoms with Crippen molar-refractivity contribution in [2.24, 2.45) is 10.7 Å². The highest BCUT2D eigenvalue weighted by Crippen LogP contribution is 1.96. The largest absolute Gasteiger partial charge is 0.370 e. The van der Waals surface area contributed by atoms with Gasteiger partial charge in [-0.1, -0.05) is 26.2 Å². The van der Waals surface area contributed by atoms with Crippen molar-refractivity contribution < 1.29 is 8.42 Å². The van der Waals surface area contributed by atoms with E-state index in [1.807, 2.05) is 0 Å². The predicted molar refractivity (Wildman–Crippen MR) is 96.1 cm³/mol. The Kier molecular flexibility index (Phi) is 15.4. The Bertz CT molecular complexity index is 347. The van der Waals surface area contributed by atoms with E-state index >= 15 is 0 Å². The maximum atomic E-state index is 11.1. The number of halogens is 1. The smallest absolute Gasteiger partial charge is 0.211 e. The SMILES string of the molecule is CCCCCCNC(N)=NCCCNS(=O)(=O)CC.I. The van der Waals surface area contributed by atoms with Crippen LogP contribution in [-0.4, -0.2) is 39.8 Å². The van der Waals surface area contributed by atoms with E-state index < -0.39 is 10.0 Å². The Morgan fingerprint density at radius 3 is 2.40 bits per heavy atom. The summed E-state index contributed by atoms with van der Waals surface area (Å²) in [5.41, 5.74) is 5.68. The summed E-state index contributed by atoms with van der Waals surface area (Å²) < 4.78 is 24.8. The third kappa shape index (κ3) is 14.3. The van der Waals surface area contributed by atoms with Crippen LogP contribution in [0.5, 0.6) is 0 Å². The lowest BCUT2D eigenvalue weighted by Gasteiger charge is -2.05. The van der Waals surface area contributed by atoms with Crippen molar-refractivity contribution in [2.45, 2.75) is 46.0 Å². The molecule has 0 aliphatic carbocycles. The van der Waals surface area contributed by atoms with E-state index in [9.17, 15) is 8.42 Å². The van der Waals surface area contributed by atoms with Crippen molar-refractivity contribution in [1.29, 1.82) is 0 Å². The Balaban J connectivity index is 0. The van der Waals surface area contributed by atoms with Crippen LogP contribution in [0.2, 0.25) is 0 Å². The molecule has 0 bridgehead atoms. The quantitative estimate of drug-likeness (QED) is 0.204. The number of nitrogens with zero attached hydrogens (tertiary/aromatic N) is 1. The first-order valence-corrected chi connectivity index (χ1v) is 8.68. The number of guanidine groups is 1. The van der Waals surface area contributed by atoms with E-state index in [-0.39, 0.29) is 29.7 Å². The first kappa shape index (κ1) is 22.2. The van der Waals surface area contributed by atoms with Gasteiger partial charge in [0.2, 0.25) is 10.0 Å². The van der Waals surface area contributed by atoms with Crippen molar-refractivity contribution in [3.63, 3.8) is 0 Å². The lowest BCUT2D eigenvalue weighted by Crippen LogP contribution is -2.33. The van der Waals surface area contributed by atoms with Gasteiger partial charge in [0.25, 0.3) is 0 Å². The molecule has 0 aliphatic rings. The molecule has 0 saturated heterocycles. The van der Waals surface area contributed by atoms with Crippen LogP contribution < -0.4 is 15.8 Å². The van der Waals surface area contributed by atoms with Crippen LogP contribution in [0.3, 0.4) is 0 Å². The molecule has 0 heterocycles. The van der Waals surface area contributed by atoms with Gasteiger partial charge in [0.15, 0.2) is 5.96 Å². The fourth-order valence-corrected chi connectivity index (χ4v) is 2.09. The van der Waals surface area contributed by atoms with Crippen molar-refractivity contribution in [1.82, 2.24) is 10.0 Å². The standard InChI is InChI=1S/C12H28N4O2S.HI/c1-3-5-6-7-9-14-12(13)15-10-8-11-16-19(17,18)4-2;/h16H,3-11H2,1-2H3,(H3,13,14,15);1H. The van der Waals surface area contributed by atoms with Gasteiger partial charge in [-0.25, -0.2) is 13.1 Å². The zero-order chi connectivity index (χ0) is 14.6. The molecule has 0 saturated carbocycles. The van der Waals surface area contributed by atoms with Gasteiger partial charge < -0.3 is 11.1 Å². The Labute approximate surface area is 140 Å². The minimum absolute atomic E-state index is 0. The van der Waals surface area contributed by atoms with E-state index in [2.05, 4.69) is 22.0 Å². The molecule has 4 N–H and O–H groups in total. The molecule has 0 atom stereocenters. The van der Waals surface area contributed by atoms with Gasteiger partial charge in [-0.15, -0.1) is 24.0 Å². The molecule has 0 unspecified atom stereocenters. The second kappa shape index (κ2) is 13.9. The van der Waals surface area contributed by atoms with Crippen LogP contribution >= 0.6 is 24.0 Å². The van der Waals surface area contributed by atoms with Crippen LogP contribution in [0.1, 0.15) is 46.0 Å². The van der Waals surface area contributed by atoms with Crippen molar-refractivity contribution in [2.75, 3.05) is 25.4 Å². The molecule has 0 radical (unpaired) electrons. The molecule has 20 heavy (non-hydrogen) atoms. The summed E-state index contributed by atoms with van der Waals surface area (Å²) in [5.74, 6) is 0.549. The second-order valence-electron chi connectivity index (χ2n) is 4.41. The highest BCUT2D eigenvalue weighted by molar-refractivity contribution is 14.0. The molecule has 0 rings (SSSR count). The van der Waals surface area contributed by atoms with E-state index in [0.29, 0.717) is 25.5 Å². The van der Waals surface area contributed by atoms with Crippen LogP contribution in [0.4, 0.5) is 0 Å². The summed E-state index contributed by atoms with van der Waals surface area (Å²) in [6, 6.07) is 0. The van der Waals surface area contributed by atoms with Crippen molar-refractivity contribution >= 4 is 40.0 Å². The average molecular weight is 420 g/mol. The first-order valence-electron chi connectivity index (χ1n) is 7.03. The summed E-state index contributed by atoms with van der Waals surface area (Å²) >= 11 is 0. The lowest BCUT2D eigenvalue weighted by molar-refractivity contribution is 0.581. The lowest BCUT2D eigenvalue weighted by atomic mass is 10.2. The number of rotatable bonds is 11. The molecule has 0 amide bonds. The number of aliphatic imine (C=N–C) groups is 1. The van der Waals surface area contributed by atoms with Gasteiger partial charge in [-0.2, -0.15) is 0 Å². The van der Waals surface area contributed by atoms with Gasteiger partial charge in [0, 0.05) is 19.6 Å². The topological polar surface area (TPSA) is 96.6 Å². The fraction of sp³-hybridized carbons (Fsp3) is 0.917. The first-order chi connectivity index (χ1) is 9.02. The molecular weight excluding hydrogens is 391 g/mol. The summed E-state index contributed by atoms with van der Waals surface area (Å²) in [6.07, 6.45) is 5.42. The Hall–Kier alpha value is -0.0900. The normalized spacial score (nSPS) is 12.0. The van der Waals surface area contributed by atoms with Gasteiger partial charge in [0.1, 0.15) is 0 Å². The van der Waals surface area contributed by atoms with E-state index in [1.54, 1.807) is 6.92 Å². The maximum Gasteiger partial charge on any atom is 0.211 e. The minimum Gasteiger partial charge on any atom is -0.370 e. The van der Waals surface area contributed by atoms with Gasteiger partial charge in [0.05, 0.1) is 5.75 Å². The predicted octanol–water partition coefficient (Wildman–Crippen LogP) is 1.42. The monoisotopic (exact) mass is 420 g/mol. The van der Waals surface area contributed by atoms with Gasteiger partial charge >= 0.3 is 0 Å². The fourth-order valence-electron chi connectivity index (χ4n) is 1.43. The van der Waals surface area contributed by atoms with Crippen LogP contribution in [0, 0.1) is 0 Å². The summed E-state index contributed by atoms with van der Waals surface area (Å²) in [6.45, 7) is 5.57. The molecule has 0 aromatic heterocycles. The molecule has 8 heteroatoms. The van der Waals surface area contributed by atoms with Crippen LogP contribution in [0.25, 0.3) is 0 Å². The third-order valence-corrected chi connectivity index (χ3v) is 4.06. The highest BCUT2D eigenvalue weighted by atomic mass is 127. The van der Waals surface area contributed by atoms with Crippen LogP contribution in [0.15, 0.2) is 4.99 Å². The molecule has 0 aliphatic heterocycles. The number of nitrogens with two attached hydrogens (primary N) is 1. The highest BCUT2D eigenvalue weighted by Gasteiger charge is 2.03. The van der Waals surface area contributed by atoms with Crippen molar-refractivity contribution in [3.05, 3.63) is 0 Å². The molecule has 0 fully saturated rings. The van der Waals surface area contributed by atoms with Crippen LogP contribution in [-0.2, 0) is 10.0 Å². The zero-order valence-electron chi connectivity index (χ0n) is 12.5. The maximum absolute atomic E-state index is 11.1. The number of nitrogens with one attached hydrogen (secondary N) is 2. The number of unbranched alkanes of at least 4 members (excludes halogenated alkanes) is 3.